The van der Waals surface area contributed by atoms with Crippen LogP contribution in [0.5, 0.6) is 0 Å². The molecule has 138 valence electrons. The number of rotatable bonds is 7. The first-order valence-electron chi connectivity index (χ1n) is 8.66. The molecule has 0 saturated heterocycles. The van der Waals surface area contributed by atoms with E-state index in [-0.39, 0.29) is 12.3 Å². The van der Waals surface area contributed by atoms with Crippen molar-refractivity contribution in [1.29, 1.82) is 5.26 Å². The number of benzene rings is 1. The predicted molar refractivity (Wildman–Crippen MR) is 97.3 cm³/mol. The van der Waals surface area contributed by atoms with Crippen LogP contribution in [0.15, 0.2) is 28.9 Å². The number of furan rings is 1. The highest BCUT2D eigenvalue weighted by Gasteiger charge is 2.30. The van der Waals surface area contributed by atoms with Crippen molar-refractivity contribution in [1.82, 2.24) is 5.32 Å². The fourth-order valence-corrected chi connectivity index (χ4v) is 2.46. The first-order chi connectivity index (χ1) is 12.3. The van der Waals surface area contributed by atoms with Gasteiger partial charge in [0.25, 0.3) is 5.91 Å². The Balaban J connectivity index is 1.93. The molecule has 2 aromatic rings. The number of amides is 1. The molecule has 2 rings (SSSR count). The summed E-state index contributed by atoms with van der Waals surface area (Å²) in [4.78, 5) is 24.0. The minimum Gasteiger partial charge on any atom is -0.464 e. The van der Waals surface area contributed by atoms with Gasteiger partial charge in [0.15, 0.2) is 6.61 Å². The number of nitrogens with one attached hydrogen (secondary N) is 1. The van der Waals surface area contributed by atoms with Crippen LogP contribution in [0, 0.1) is 17.2 Å². The topological polar surface area (TPSA) is 92.3 Å². The van der Waals surface area contributed by atoms with E-state index in [0.717, 1.165) is 28.5 Å². The number of ether oxygens (including phenoxy) is 1. The Hall–Kier alpha value is -2.81. The second-order valence-electron chi connectivity index (χ2n) is 6.80. The SMILES string of the molecule is CCc1ccc2c(CC(=O)OCC(=O)N[C@](C)(C#N)C(C)C)coc2c1. The third kappa shape index (κ3) is 4.42. The average Bonchev–Trinajstić information content (AvgIpc) is 3.01. The first kappa shape index (κ1) is 19.5. The van der Waals surface area contributed by atoms with Crippen LogP contribution in [-0.4, -0.2) is 24.0 Å². The Kier molecular flexibility index (Phi) is 6.04. The van der Waals surface area contributed by atoms with Crippen LogP contribution in [0.3, 0.4) is 0 Å². The summed E-state index contributed by atoms with van der Waals surface area (Å²) in [5, 5.41) is 12.7. The second-order valence-corrected chi connectivity index (χ2v) is 6.80. The van der Waals surface area contributed by atoms with Crippen molar-refractivity contribution in [3.63, 3.8) is 0 Å². The number of aryl methyl sites for hydroxylation is 1. The lowest BCUT2D eigenvalue weighted by molar-refractivity contribution is -0.148. The van der Waals surface area contributed by atoms with Crippen LogP contribution in [0.25, 0.3) is 11.0 Å². The lowest BCUT2D eigenvalue weighted by Crippen LogP contribution is -2.50. The molecule has 1 aromatic carbocycles. The minimum atomic E-state index is -0.999. The number of hydrogen-bond donors (Lipinski definition) is 1. The lowest BCUT2D eigenvalue weighted by Gasteiger charge is -2.27. The van der Waals surface area contributed by atoms with E-state index < -0.39 is 24.0 Å². The summed E-state index contributed by atoms with van der Waals surface area (Å²) < 4.78 is 10.5. The monoisotopic (exact) mass is 356 g/mol. The van der Waals surface area contributed by atoms with Gasteiger partial charge in [-0.3, -0.25) is 9.59 Å². The van der Waals surface area contributed by atoms with E-state index in [1.54, 1.807) is 6.92 Å². The normalized spacial score (nSPS) is 13.2. The number of nitrogens with zero attached hydrogens (tertiary/aromatic N) is 1. The van der Waals surface area contributed by atoms with Gasteiger partial charge < -0.3 is 14.5 Å². The molecule has 0 aliphatic rings. The Morgan fingerprint density at radius 3 is 2.73 bits per heavy atom. The molecule has 1 heterocycles. The Labute approximate surface area is 153 Å². The zero-order chi connectivity index (χ0) is 19.3. The summed E-state index contributed by atoms with van der Waals surface area (Å²) in [5.41, 5.74) is 1.60. The van der Waals surface area contributed by atoms with Gasteiger partial charge in [0.1, 0.15) is 11.1 Å². The van der Waals surface area contributed by atoms with Crippen molar-refractivity contribution in [3.8, 4) is 6.07 Å². The number of fused-ring (bicyclic) bond motifs is 1. The van der Waals surface area contributed by atoms with E-state index in [9.17, 15) is 14.9 Å². The van der Waals surface area contributed by atoms with Crippen LogP contribution < -0.4 is 5.32 Å². The van der Waals surface area contributed by atoms with Gasteiger partial charge in [-0.1, -0.05) is 32.9 Å². The lowest BCUT2D eigenvalue weighted by atomic mass is 9.90. The van der Waals surface area contributed by atoms with E-state index in [2.05, 4.69) is 18.3 Å². The summed E-state index contributed by atoms with van der Waals surface area (Å²) in [5.74, 6) is -1.09. The van der Waals surface area contributed by atoms with Gasteiger partial charge in [0, 0.05) is 10.9 Å². The second kappa shape index (κ2) is 8.05. The zero-order valence-electron chi connectivity index (χ0n) is 15.6. The molecule has 0 radical (unpaired) electrons. The molecule has 1 atom stereocenters. The van der Waals surface area contributed by atoms with Gasteiger partial charge in [0.05, 0.1) is 18.8 Å². The van der Waals surface area contributed by atoms with Crippen molar-refractivity contribution in [3.05, 3.63) is 35.6 Å². The summed E-state index contributed by atoms with van der Waals surface area (Å²) in [6.07, 6.45) is 2.46. The van der Waals surface area contributed by atoms with Crippen molar-refractivity contribution < 1.29 is 18.7 Å². The van der Waals surface area contributed by atoms with Gasteiger partial charge in [-0.2, -0.15) is 5.26 Å². The van der Waals surface area contributed by atoms with Crippen LogP contribution in [-0.2, 0) is 27.2 Å². The van der Waals surface area contributed by atoms with Gasteiger partial charge in [0.2, 0.25) is 0 Å². The van der Waals surface area contributed by atoms with E-state index >= 15 is 0 Å². The number of carbonyl (C=O) groups is 2. The Bertz CT molecular complexity index is 847. The van der Waals surface area contributed by atoms with Crippen molar-refractivity contribution in [2.24, 2.45) is 5.92 Å². The molecule has 1 N–H and O–H groups in total. The van der Waals surface area contributed by atoms with Gasteiger partial charge in [-0.15, -0.1) is 0 Å². The summed E-state index contributed by atoms with van der Waals surface area (Å²) >= 11 is 0. The van der Waals surface area contributed by atoms with E-state index in [0.29, 0.717) is 0 Å². The molecule has 0 saturated carbocycles. The summed E-state index contributed by atoms with van der Waals surface area (Å²) in [6, 6.07) is 7.95. The molecular formula is C20H24N2O4. The molecule has 0 aliphatic carbocycles. The smallest absolute Gasteiger partial charge is 0.310 e. The van der Waals surface area contributed by atoms with E-state index in [1.807, 2.05) is 32.0 Å². The third-order valence-electron chi connectivity index (χ3n) is 4.61. The molecule has 6 heteroatoms. The third-order valence-corrected chi connectivity index (χ3v) is 4.61. The van der Waals surface area contributed by atoms with Crippen molar-refractivity contribution in [2.75, 3.05) is 6.61 Å². The maximum absolute atomic E-state index is 12.0. The Morgan fingerprint density at radius 2 is 2.12 bits per heavy atom. The summed E-state index contributed by atoms with van der Waals surface area (Å²) in [7, 11) is 0. The standard InChI is InChI=1S/C20H24N2O4/c1-5-14-6-7-16-15(10-25-17(16)8-14)9-19(24)26-11-18(23)22-20(4,12-21)13(2)3/h6-8,10,13H,5,9,11H2,1-4H3,(H,22,23)/t20-/m1/s1. The molecular weight excluding hydrogens is 332 g/mol. The van der Waals surface area contributed by atoms with Crippen molar-refractivity contribution >= 4 is 22.8 Å². The van der Waals surface area contributed by atoms with E-state index in [4.69, 9.17) is 9.15 Å². The van der Waals surface area contributed by atoms with Crippen LogP contribution in [0.4, 0.5) is 0 Å². The molecule has 0 spiro atoms. The maximum atomic E-state index is 12.0. The fraction of sp³-hybridized carbons (Fsp3) is 0.450. The van der Waals surface area contributed by atoms with E-state index in [1.165, 1.54) is 6.26 Å². The number of hydrogen-bond acceptors (Lipinski definition) is 5. The molecule has 26 heavy (non-hydrogen) atoms. The first-order valence-corrected chi connectivity index (χ1v) is 8.66. The van der Waals surface area contributed by atoms with Gasteiger partial charge in [-0.25, -0.2) is 0 Å². The highest BCUT2D eigenvalue weighted by Crippen LogP contribution is 2.23. The van der Waals surface area contributed by atoms with Crippen LogP contribution in [0.2, 0.25) is 0 Å². The molecule has 0 aliphatic heterocycles. The minimum absolute atomic E-state index is 0.0193. The summed E-state index contributed by atoms with van der Waals surface area (Å²) in [6.45, 7) is 6.95. The quantitative estimate of drug-likeness (QED) is 0.770. The number of carbonyl (C=O) groups excluding carboxylic acids is 2. The van der Waals surface area contributed by atoms with Crippen LogP contribution in [0.1, 0.15) is 38.8 Å². The fourth-order valence-electron chi connectivity index (χ4n) is 2.46. The van der Waals surface area contributed by atoms with Gasteiger partial charge >= 0.3 is 5.97 Å². The zero-order valence-corrected chi connectivity index (χ0v) is 15.6. The highest BCUT2D eigenvalue weighted by molar-refractivity contribution is 5.87. The molecule has 1 aromatic heterocycles. The highest BCUT2D eigenvalue weighted by atomic mass is 16.5. The van der Waals surface area contributed by atoms with Crippen LogP contribution >= 0.6 is 0 Å². The van der Waals surface area contributed by atoms with Gasteiger partial charge in [-0.05, 0) is 30.9 Å². The number of esters is 1. The molecule has 0 unspecified atom stereocenters. The number of nitriles is 1. The van der Waals surface area contributed by atoms with Crippen molar-refractivity contribution in [2.45, 2.75) is 46.1 Å². The molecule has 0 fully saturated rings. The molecule has 1 amide bonds. The average molecular weight is 356 g/mol. The molecule has 6 nitrogen and oxygen atoms in total. The maximum Gasteiger partial charge on any atom is 0.310 e. The molecule has 0 bridgehead atoms. The largest absolute Gasteiger partial charge is 0.464 e. The Morgan fingerprint density at radius 1 is 1.38 bits per heavy atom. The predicted octanol–water partition coefficient (Wildman–Crippen LogP) is 3.14.